The summed E-state index contributed by atoms with van der Waals surface area (Å²) in [5, 5.41) is 10.1. The molecule has 0 radical (unpaired) electrons. The van der Waals surface area contributed by atoms with E-state index in [0.717, 1.165) is 11.1 Å². The molecule has 0 aliphatic heterocycles. The number of aromatic hydroxyl groups is 1. The summed E-state index contributed by atoms with van der Waals surface area (Å²) in [6, 6.07) is 9.99. The Hall–Kier alpha value is -2.20. The van der Waals surface area contributed by atoms with E-state index >= 15 is 0 Å². The summed E-state index contributed by atoms with van der Waals surface area (Å²) in [4.78, 5) is 11.6. The van der Waals surface area contributed by atoms with Crippen molar-refractivity contribution in [2.24, 2.45) is 0 Å². The van der Waals surface area contributed by atoms with Crippen LogP contribution in [0.4, 0.5) is 0 Å². The first-order chi connectivity index (χ1) is 9.56. The molecular weight excluding hydrogens is 280 g/mol. The Labute approximate surface area is 121 Å². The molecule has 0 aliphatic carbocycles. The SMILES string of the molecule is COC(=O)c1cc(-c2ccc(OC)c(O)c2)ccc1Cl. The molecule has 2 rings (SSSR count). The summed E-state index contributed by atoms with van der Waals surface area (Å²) in [5.74, 6) is -0.0925. The lowest BCUT2D eigenvalue weighted by Gasteiger charge is -2.08. The second kappa shape index (κ2) is 5.84. The summed E-state index contributed by atoms with van der Waals surface area (Å²) in [7, 11) is 2.77. The Morgan fingerprint density at radius 1 is 1.10 bits per heavy atom. The fourth-order valence-corrected chi connectivity index (χ4v) is 2.04. The van der Waals surface area contributed by atoms with E-state index in [0.29, 0.717) is 10.8 Å². The molecule has 0 aromatic heterocycles. The van der Waals surface area contributed by atoms with Crippen LogP contribution in [0.3, 0.4) is 0 Å². The van der Waals surface area contributed by atoms with Crippen LogP contribution in [0.25, 0.3) is 11.1 Å². The zero-order chi connectivity index (χ0) is 14.7. The molecule has 0 saturated heterocycles. The van der Waals surface area contributed by atoms with Crippen LogP contribution in [-0.4, -0.2) is 25.3 Å². The highest BCUT2D eigenvalue weighted by Crippen LogP contribution is 2.32. The van der Waals surface area contributed by atoms with E-state index in [1.165, 1.54) is 14.2 Å². The van der Waals surface area contributed by atoms with Crippen molar-refractivity contribution < 1.29 is 19.4 Å². The third-order valence-corrected chi connectivity index (χ3v) is 3.21. The van der Waals surface area contributed by atoms with Crippen LogP contribution in [0.1, 0.15) is 10.4 Å². The van der Waals surface area contributed by atoms with Gasteiger partial charge in [-0.05, 0) is 35.4 Å². The lowest BCUT2D eigenvalue weighted by atomic mass is 10.0. The van der Waals surface area contributed by atoms with E-state index < -0.39 is 5.97 Å². The van der Waals surface area contributed by atoms with Crippen LogP contribution in [0.2, 0.25) is 5.02 Å². The molecule has 0 spiro atoms. The van der Waals surface area contributed by atoms with Crippen LogP contribution >= 0.6 is 11.6 Å². The zero-order valence-electron chi connectivity index (χ0n) is 11.0. The molecule has 5 heteroatoms. The smallest absolute Gasteiger partial charge is 0.339 e. The first-order valence-corrected chi connectivity index (χ1v) is 6.20. The Kier molecular flexibility index (Phi) is 4.15. The Morgan fingerprint density at radius 2 is 1.75 bits per heavy atom. The van der Waals surface area contributed by atoms with Crippen molar-refractivity contribution >= 4 is 17.6 Å². The van der Waals surface area contributed by atoms with Crippen molar-refractivity contribution in [1.82, 2.24) is 0 Å². The monoisotopic (exact) mass is 292 g/mol. The number of benzene rings is 2. The molecule has 20 heavy (non-hydrogen) atoms. The standard InChI is InChI=1S/C15H13ClO4/c1-19-14-6-4-10(8-13(14)17)9-3-5-12(16)11(7-9)15(18)20-2/h3-8,17H,1-2H3. The fourth-order valence-electron chi connectivity index (χ4n) is 1.84. The van der Waals surface area contributed by atoms with Crippen molar-refractivity contribution in [3.63, 3.8) is 0 Å². The number of esters is 1. The lowest BCUT2D eigenvalue weighted by Crippen LogP contribution is -2.02. The van der Waals surface area contributed by atoms with Gasteiger partial charge in [-0.3, -0.25) is 0 Å². The Balaban J connectivity index is 2.48. The van der Waals surface area contributed by atoms with Crippen molar-refractivity contribution in [2.45, 2.75) is 0 Å². The van der Waals surface area contributed by atoms with Gasteiger partial charge < -0.3 is 14.6 Å². The van der Waals surface area contributed by atoms with Crippen molar-refractivity contribution in [3.05, 3.63) is 47.0 Å². The normalized spacial score (nSPS) is 10.2. The molecule has 2 aromatic rings. The van der Waals surface area contributed by atoms with E-state index in [-0.39, 0.29) is 11.3 Å². The van der Waals surface area contributed by atoms with E-state index in [1.54, 1.807) is 36.4 Å². The number of phenolic OH excluding ortho intramolecular Hbond substituents is 1. The number of carbonyl (C=O) groups excluding carboxylic acids is 1. The van der Waals surface area contributed by atoms with E-state index in [2.05, 4.69) is 4.74 Å². The highest BCUT2D eigenvalue weighted by atomic mass is 35.5. The maximum atomic E-state index is 11.6. The number of methoxy groups -OCH3 is 2. The first-order valence-electron chi connectivity index (χ1n) is 5.82. The highest BCUT2D eigenvalue weighted by molar-refractivity contribution is 6.33. The van der Waals surface area contributed by atoms with Gasteiger partial charge >= 0.3 is 5.97 Å². The average Bonchev–Trinajstić information content (AvgIpc) is 2.47. The minimum absolute atomic E-state index is 0.0274. The van der Waals surface area contributed by atoms with Crippen LogP contribution < -0.4 is 4.74 Å². The summed E-state index contributed by atoms with van der Waals surface area (Å²) in [6.07, 6.45) is 0. The molecule has 0 amide bonds. The predicted molar refractivity (Wildman–Crippen MR) is 76.4 cm³/mol. The quantitative estimate of drug-likeness (QED) is 0.880. The molecule has 104 valence electrons. The maximum absolute atomic E-state index is 11.6. The summed E-state index contributed by atoms with van der Waals surface area (Å²) in [5.41, 5.74) is 1.76. The van der Waals surface area contributed by atoms with Crippen LogP contribution in [0.5, 0.6) is 11.5 Å². The molecule has 0 unspecified atom stereocenters. The third kappa shape index (κ3) is 2.70. The molecule has 0 saturated carbocycles. The minimum atomic E-state index is -0.505. The minimum Gasteiger partial charge on any atom is -0.504 e. The number of rotatable bonds is 3. The maximum Gasteiger partial charge on any atom is 0.339 e. The highest BCUT2D eigenvalue weighted by Gasteiger charge is 2.13. The second-order valence-electron chi connectivity index (χ2n) is 4.07. The topological polar surface area (TPSA) is 55.8 Å². The van der Waals surface area contributed by atoms with Crippen molar-refractivity contribution in [2.75, 3.05) is 14.2 Å². The van der Waals surface area contributed by atoms with Gasteiger partial charge in [0.05, 0.1) is 24.8 Å². The van der Waals surface area contributed by atoms with Gasteiger partial charge in [0.15, 0.2) is 11.5 Å². The molecule has 0 heterocycles. The van der Waals surface area contributed by atoms with Gasteiger partial charge in [0.1, 0.15) is 0 Å². The van der Waals surface area contributed by atoms with E-state index in [9.17, 15) is 9.90 Å². The lowest BCUT2D eigenvalue weighted by molar-refractivity contribution is 0.0601. The Morgan fingerprint density at radius 3 is 2.35 bits per heavy atom. The molecule has 0 bridgehead atoms. The second-order valence-corrected chi connectivity index (χ2v) is 4.48. The van der Waals surface area contributed by atoms with Crippen molar-refractivity contribution in [1.29, 1.82) is 0 Å². The number of carbonyl (C=O) groups is 1. The van der Waals surface area contributed by atoms with Crippen LogP contribution in [0.15, 0.2) is 36.4 Å². The summed E-state index contributed by atoms with van der Waals surface area (Å²) >= 11 is 5.97. The summed E-state index contributed by atoms with van der Waals surface area (Å²) in [6.45, 7) is 0. The summed E-state index contributed by atoms with van der Waals surface area (Å²) < 4.78 is 9.66. The van der Waals surface area contributed by atoms with Crippen molar-refractivity contribution in [3.8, 4) is 22.6 Å². The largest absolute Gasteiger partial charge is 0.504 e. The van der Waals surface area contributed by atoms with Gasteiger partial charge in [-0.25, -0.2) is 4.79 Å². The van der Waals surface area contributed by atoms with Crippen LogP contribution in [-0.2, 0) is 4.74 Å². The zero-order valence-corrected chi connectivity index (χ0v) is 11.8. The van der Waals surface area contributed by atoms with Gasteiger partial charge in [0.25, 0.3) is 0 Å². The van der Waals surface area contributed by atoms with Gasteiger partial charge in [-0.15, -0.1) is 0 Å². The van der Waals surface area contributed by atoms with Gasteiger partial charge in [-0.1, -0.05) is 23.7 Å². The predicted octanol–water partition coefficient (Wildman–Crippen LogP) is 3.51. The number of hydrogen-bond acceptors (Lipinski definition) is 4. The van der Waals surface area contributed by atoms with E-state index in [1.807, 2.05) is 0 Å². The van der Waals surface area contributed by atoms with Gasteiger partial charge in [0.2, 0.25) is 0 Å². The molecule has 0 atom stereocenters. The van der Waals surface area contributed by atoms with Gasteiger partial charge in [-0.2, -0.15) is 0 Å². The van der Waals surface area contributed by atoms with E-state index in [4.69, 9.17) is 16.3 Å². The molecule has 4 nitrogen and oxygen atoms in total. The molecule has 0 aliphatic rings. The number of phenols is 1. The fraction of sp³-hybridized carbons (Fsp3) is 0.133. The number of ether oxygens (including phenoxy) is 2. The average molecular weight is 293 g/mol. The van der Waals surface area contributed by atoms with Gasteiger partial charge in [0, 0.05) is 0 Å². The molecular formula is C15H13ClO4. The molecule has 1 N–H and O–H groups in total. The molecule has 2 aromatic carbocycles. The number of halogens is 1. The number of hydrogen-bond donors (Lipinski definition) is 1. The molecule has 0 fully saturated rings. The Bertz CT molecular complexity index is 652. The first kappa shape index (κ1) is 14.2. The van der Waals surface area contributed by atoms with Crippen LogP contribution in [0, 0.1) is 0 Å². The third-order valence-electron chi connectivity index (χ3n) is 2.88.